The lowest BCUT2D eigenvalue weighted by atomic mass is 9.99. The van der Waals surface area contributed by atoms with Crippen molar-refractivity contribution in [2.24, 2.45) is 0 Å². The summed E-state index contributed by atoms with van der Waals surface area (Å²) in [6.45, 7) is 13.3. The molecule has 0 fully saturated rings. The standard InChI is InChI=1S/C55H76N2O10S2Si2/c1-8-70(9-2,10-3)67-54(52(66-68(7,60)61)40-27-13-11-12-14-30-42-64-44-47-33-21-16-22-34-47)51(45-65-71(55(4,5)6,48-35-23-17-24-36-48)49-37-25-18-26-38-49)56(43-46-31-19-15-20-32-46)69(62,63)53-41-29-28-39-50(53)57(58)59/h15-26,28-29,31-39,41,51-52,54H,8-14,27,30,40,42-45H2,1-7H3/t51?,52-,54+/m1/s1. The van der Waals surface area contributed by atoms with E-state index >= 15 is 8.42 Å². The third kappa shape index (κ3) is 15.8. The number of nitrogens with zero attached hydrogens (tertiary/aromatic N) is 2. The minimum atomic E-state index is -4.82. The van der Waals surface area contributed by atoms with Gasteiger partial charge >= 0.3 is 0 Å². The van der Waals surface area contributed by atoms with Gasteiger partial charge in [0.2, 0.25) is 0 Å². The molecule has 0 saturated heterocycles. The molecule has 0 aliphatic heterocycles. The number of rotatable bonds is 31. The van der Waals surface area contributed by atoms with Crippen molar-refractivity contribution in [3.63, 3.8) is 0 Å². The van der Waals surface area contributed by atoms with Crippen molar-refractivity contribution < 1.29 is 39.5 Å². The number of hydrogen-bond donors (Lipinski definition) is 0. The first-order chi connectivity index (χ1) is 33.9. The molecule has 0 spiro atoms. The van der Waals surface area contributed by atoms with Crippen molar-refractivity contribution in [3.05, 3.63) is 167 Å². The predicted octanol–water partition coefficient (Wildman–Crippen LogP) is 11.4. The van der Waals surface area contributed by atoms with Gasteiger partial charge in [0.15, 0.2) is 13.2 Å². The van der Waals surface area contributed by atoms with Gasteiger partial charge in [-0.2, -0.15) is 12.7 Å². The topological polar surface area (TPSA) is 152 Å². The fraction of sp³-hybridized carbons (Fsp3) is 0.455. The summed E-state index contributed by atoms with van der Waals surface area (Å²) >= 11 is 0. The van der Waals surface area contributed by atoms with Crippen molar-refractivity contribution in [3.8, 4) is 0 Å². The van der Waals surface area contributed by atoms with Crippen LogP contribution in [0.3, 0.4) is 0 Å². The van der Waals surface area contributed by atoms with Gasteiger partial charge < -0.3 is 13.6 Å². The lowest BCUT2D eigenvalue weighted by molar-refractivity contribution is -0.387. The Morgan fingerprint density at radius 1 is 0.648 bits per heavy atom. The normalized spacial score (nSPS) is 14.0. The van der Waals surface area contributed by atoms with Gasteiger partial charge in [0.05, 0.1) is 36.5 Å². The number of ether oxygens (including phenoxy) is 1. The Kier molecular flexibility index (Phi) is 21.9. The number of hydrogen-bond acceptors (Lipinski definition) is 10. The molecule has 5 aromatic rings. The second kappa shape index (κ2) is 27.1. The molecule has 0 saturated carbocycles. The third-order valence-electron chi connectivity index (χ3n) is 13.6. The molecule has 0 amide bonds. The Bertz CT molecular complexity index is 2540. The first-order valence-corrected chi connectivity index (χ1v) is 32.8. The lowest BCUT2D eigenvalue weighted by Crippen LogP contribution is -2.68. The van der Waals surface area contributed by atoms with E-state index in [-0.39, 0.29) is 19.6 Å². The third-order valence-corrected chi connectivity index (χ3v) is 25.7. The molecule has 1 unspecified atom stereocenters. The van der Waals surface area contributed by atoms with Gasteiger partial charge in [-0.05, 0) is 63.6 Å². The highest BCUT2D eigenvalue weighted by molar-refractivity contribution is 7.89. The highest BCUT2D eigenvalue weighted by Crippen LogP contribution is 2.40. The van der Waals surface area contributed by atoms with E-state index in [4.69, 9.17) is 17.8 Å². The molecule has 386 valence electrons. The van der Waals surface area contributed by atoms with Gasteiger partial charge in [-0.15, -0.1) is 0 Å². The van der Waals surface area contributed by atoms with E-state index in [0.717, 1.165) is 54.3 Å². The van der Waals surface area contributed by atoms with E-state index in [0.29, 0.717) is 43.3 Å². The first kappa shape index (κ1) is 57.5. The summed E-state index contributed by atoms with van der Waals surface area (Å²) in [4.78, 5) is 11.5. The maximum Gasteiger partial charge on any atom is 0.289 e. The SMILES string of the molecule is CC[Si](CC)(CC)O[C@@H](C(CO[Si](c1ccccc1)(c1ccccc1)C(C)(C)C)N(Cc1ccccc1)S(=O)(=O)c1ccccc1[N+](=O)[O-])[C@@H](CCCCCCCCOCc1ccccc1)OS(C)(=O)=O. The minimum Gasteiger partial charge on any atom is -0.410 e. The highest BCUT2D eigenvalue weighted by Gasteiger charge is 2.53. The Morgan fingerprint density at radius 2 is 1.13 bits per heavy atom. The van der Waals surface area contributed by atoms with Crippen LogP contribution < -0.4 is 10.4 Å². The Balaban J connectivity index is 1.67. The summed E-state index contributed by atoms with van der Waals surface area (Å²) in [6, 6.07) is 45.2. The molecule has 0 heterocycles. The fourth-order valence-corrected chi connectivity index (χ4v) is 19.5. The maximum absolute atomic E-state index is 15.8. The molecule has 5 rings (SSSR count). The van der Waals surface area contributed by atoms with Crippen LogP contribution in [0.1, 0.15) is 97.6 Å². The zero-order valence-electron chi connectivity index (χ0n) is 42.8. The molecule has 5 aromatic carbocycles. The molecule has 3 atom stereocenters. The molecule has 12 nitrogen and oxygen atoms in total. The smallest absolute Gasteiger partial charge is 0.289 e. The van der Waals surface area contributed by atoms with Crippen LogP contribution in [-0.2, 0) is 51.1 Å². The molecular formula is C55H76N2O10S2Si2. The van der Waals surface area contributed by atoms with Crippen molar-refractivity contribution >= 4 is 52.8 Å². The van der Waals surface area contributed by atoms with Crippen LogP contribution in [0.2, 0.25) is 23.2 Å². The zero-order chi connectivity index (χ0) is 51.5. The molecule has 0 radical (unpaired) electrons. The van der Waals surface area contributed by atoms with Crippen molar-refractivity contribution in [2.45, 2.75) is 146 Å². The molecule has 16 heteroatoms. The quantitative estimate of drug-likeness (QED) is 0.0138. The highest BCUT2D eigenvalue weighted by atomic mass is 32.2. The maximum atomic E-state index is 15.8. The summed E-state index contributed by atoms with van der Waals surface area (Å²) in [7, 11) is -15.2. The molecular weight excluding hydrogens is 969 g/mol. The number of nitro benzene ring substituents is 1. The van der Waals surface area contributed by atoms with E-state index in [2.05, 4.69) is 65.8 Å². The van der Waals surface area contributed by atoms with Crippen LogP contribution in [0.5, 0.6) is 0 Å². The summed E-state index contributed by atoms with van der Waals surface area (Å²) < 4.78 is 87.4. The molecule has 0 aromatic heterocycles. The predicted molar refractivity (Wildman–Crippen MR) is 290 cm³/mol. The molecule has 0 bridgehead atoms. The van der Waals surface area contributed by atoms with Crippen molar-refractivity contribution in [2.75, 3.05) is 19.5 Å². The van der Waals surface area contributed by atoms with Gasteiger partial charge in [0.1, 0.15) is 6.10 Å². The molecule has 0 N–H and O–H groups in total. The van der Waals surface area contributed by atoms with Crippen LogP contribution >= 0.6 is 0 Å². The van der Waals surface area contributed by atoms with Crippen molar-refractivity contribution in [1.82, 2.24) is 4.31 Å². The zero-order valence-corrected chi connectivity index (χ0v) is 46.4. The average molecular weight is 1050 g/mol. The number of benzene rings is 5. The number of para-hydroxylation sites is 1. The van der Waals surface area contributed by atoms with E-state index in [1.165, 1.54) is 28.6 Å². The van der Waals surface area contributed by atoms with E-state index in [9.17, 15) is 18.5 Å². The summed E-state index contributed by atoms with van der Waals surface area (Å²) in [5, 5.41) is 14.1. The van der Waals surface area contributed by atoms with Gasteiger partial charge in [-0.25, -0.2) is 8.42 Å². The number of unbranched alkanes of at least 4 members (excludes halogenated alkanes) is 5. The summed E-state index contributed by atoms with van der Waals surface area (Å²) in [6.07, 6.45) is 3.97. The van der Waals surface area contributed by atoms with Crippen molar-refractivity contribution in [1.29, 1.82) is 0 Å². The van der Waals surface area contributed by atoms with Crippen LogP contribution in [0.4, 0.5) is 5.69 Å². The second-order valence-electron chi connectivity index (χ2n) is 19.4. The second-order valence-corrected chi connectivity index (χ2v) is 31.9. The van der Waals surface area contributed by atoms with Gasteiger partial charge in [0.25, 0.3) is 34.1 Å². The summed E-state index contributed by atoms with van der Waals surface area (Å²) in [5.74, 6) is 0. The molecule has 0 aliphatic rings. The van der Waals surface area contributed by atoms with Gasteiger partial charge in [-0.3, -0.25) is 14.3 Å². The monoisotopic (exact) mass is 1040 g/mol. The number of sulfonamides is 1. The Morgan fingerprint density at radius 3 is 1.63 bits per heavy atom. The fourth-order valence-electron chi connectivity index (χ4n) is 9.61. The van der Waals surface area contributed by atoms with Crippen LogP contribution in [0, 0.1) is 10.1 Å². The average Bonchev–Trinajstić information content (AvgIpc) is 3.36. The Labute approximate surface area is 426 Å². The largest absolute Gasteiger partial charge is 0.410 e. The van der Waals surface area contributed by atoms with Gasteiger partial charge in [-0.1, -0.05) is 207 Å². The summed E-state index contributed by atoms with van der Waals surface area (Å²) in [5.41, 5.74) is 1.16. The van der Waals surface area contributed by atoms with E-state index in [1.54, 1.807) is 12.1 Å². The Hall–Kier alpha value is -4.37. The lowest BCUT2D eigenvalue weighted by Gasteiger charge is -2.47. The first-order valence-electron chi connectivity index (χ1n) is 25.1. The molecule has 0 aliphatic carbocycles. The van der Waals surface area contributed by atoms with E-state index in [1.807, 2.05) is 84.9 Å². The van der Waals surface area contributed by atoms with Crippen LogP contribution in [0.15, 0.2) is 150 Å². The van der Waals surface area contributed by atoms with Gasteiger partial charge in [0, 0.05) is 19.2 Å². The minimum absolute atomic E-state index is 0.233. The van der Waals surface area contributed by atoms with Crippen LogP contribution in [-0.4, -0.2) is 80.4 Å². The van der Waals surface area contributed by atoms with Crippen LogP contribution in [0.25, 0.3) is 0 Å². The number of nitro groups is 1. The van der Waals surface area contributed by atoms with E-state index < -0.39 is 75.6 Å². The molecule has 71 heavy (non-hydrogen) atoms.